The third-order valence-corrected chi connectivity index (χ3v) is 14.3. The van der Waals surface area contributed by atoms with Crippen molar-refractivity contribution in [3.8, 4) is 45.4 Å². The minimum atomic E-state index is -0.379. The van der Waals surface area contributed by atoms with E-state index in [4.69, 9.17) is 19.7 Å². The van der Waals surface area contributed by atoms with Gasteiger partial charge < -0.3 is 4.74 Å². The first-order chi connectivity index (χ1) is 27.1. The number of nitrogens with zero attached hydrogens (tertiary/aromatic N) is 3. The van der Waals surface area contributed by atoms with Crippen LogP contribution >= 0.6 is 0 Å². The molecule has 1 spiro atoms. The lowest BCUT2D eigenvalue weighted by Gasteiger charge is -2.44. The van der Waals surface area contributed by atoms with Gasteiger partial charge >= 0.3 is 0 Å². The number of hydrogen-bond acceptors (Lipinski definition) is 4. The maximum absolute atomic E-state index is 6.93. The van der Waals surface area contributed by atoms with Crippen molar-refractivity contribution >= 4 is 0 Å². The molecule has 4 bridgehead atoms. The van der Waals surface area contributed by atoms with Gasteiger partial charge in [0.2, 0.25) is 0 Å². The van der Waals surface area contributed by atoms with Crippen LogP contribution in [0, 0.1) is 23.7 Å². The van der Waals surface area contributed by atoms with Crippen LogP contribution in [0.3, 0.4) is 0 Å². The highest BCUT2D eigenvalue weighted by atomic mass is 16.5. The van der Waals surface area contributed by atoms with Gasteiger partial charge in [0.05, 0.1) is 5.41 Å². The number of hydrogen-bond donors (Lipinski definition) is 0. The molecule has 0 saturated heterocycles. The maximum Gasteiger partial charge on any atom is 0.163 e. The molecule has 4 nitrogen and oxygen atoms in total. The lowest BCUT2D eigenvalue weighted by Crippen LogP contribution is -2.37. The maximum atomic E-state index is 6.93. The zero-order valence-corrected chi connectivity index (χ0v) is 30.9. The van der Waals surface area contributed by atoms with Crippen LogP contribution in [0.1, 0.15) is 78.9 Å². The van der Waals surface area contributed by atoms with Gasteiger partial charge in [-0.1, -0.05) is 127 Å². The second kappa shape index (κ2) is 11.9. The van der Waals surface area contributed by atoms with Crippen molar-refractivity contribution in [3.63, 3.8) is 0 Å². The molecular formula is C51H43N3O. The molecule has 4 saturated carbocycles. The molecule has 4 unspecified atom stereocenters. The molecule has 13 rings (SSSR count). The zero-order chi connectivity index (χ0) is 36.1. The summed E-state index contributed by atoms with van der Waals surface area (Å²) in [6, 6.07) is 43.9. The Morgan fingerprint density at radius 2 is 1.22 bits per heavy atom. The lowest BCUT2D eigenvalue weighted by molar-refractivity contribution is 0.0984. The molecule has 55 heavy (non-hydrogen) atoms. The Bertz CT molecular complexity index is 2570. The van der Waals surface area contributed by atoms with E-state index in [0.29, 0.717) is 5.92 Å². The van der Waals surface area contributed by atoms with E-state index in [2.05, 4.69) is 146 Å². The van der Waals surface area contributed by atoms with E-state index < -0.39 is 0 Å². The molecule has 7 aliphatic rings. The standard InChI is InChI=1S/C51H43N3O/c1-2-11-35(12-3-1)36-13-10-14-37(28-36)47-52-48(54-49(53-47)50-24-23-32(30-50)25-33-26-34(27-33)31-50)38-21-22-44-46(29-38)55-45-20-9-8-19-43(45)51(44)41-17-6-4-15-39(41)40-16-5-7-18-42(40)51/h1-22,28-29,32-34,39,41H,23-27,30-31H2/t32-,33?,34?,39?,41?,50?,51?/m0/s1. The number of benzene rings is 5. The smallest absolute Gasteiger partial charge is 0.163 e. The van der Waals surface area contributed by atoms with Crippen LogP contribution < -0.4 is 4.74 Å². The average molecular weight is 714 g/mol. The molecule has 2 heterocycles. The van der Waals surface area contributed by atoms with Gasteiger partial charge in [-0.25, -0.2) is 15.0 Å². The molecule has 0 radical (unpaired) electrons. The number of ether oxygens (including phenoxy) is 1. The molecule has 6 aromatic rings. The number of rotatable bonds is 4. The molecule has 5 aromatic carbocycles. The van der Waals surface area contributed by atoms with Gasteiger partial charge in [-0.15, -0.1) is 0 Å². The molecule has 4 fully saturated rings. The van der Waals surface area contributed by atoms with Crippen LogP contribution in [-0.4, -0.2) is 15.0 Å². The van der Waals surface area contributed by atoms with Crippen molar-refractivity contribution in [2.24, 2.45) is 23.7 Å². The largest absolute Gasteiger partial charge is 0.457 e. The van der Waals surface area contributed by atoms with Crippen molar-refractivity contribution in [2.75, 3.05) is 0 Å². The summed E-state index contributed by atoms with van der Waals surface area (Å²) in [7, 11) is 0. The molecule has 268 valence electrons. The third-order valence-electron chi connectivity index (χ3n) is 14.3. The molecule has 1 aliphatic heterocycles. The van der Waals surface area contributed by atoms with Gasteiger partial charge in [-0.3, -0.25) is 0 Å². The van der Waals surface area contributed by atoms with Gasteiger partial charge in [0.15, 0.2) is 11.6 Å². The number of allylic oxidation sites excluding steroid dienone is 4. The number of para-hydroxylation sites is 1. The van der Waals surface area contributed by atoms with E-state index in [9.17, 15) is 0 Å². The van der Waals surface area contributed by atoms with E-state index in [1.54, 1.807) is 0 Å². The predicted octanol–water partition coefficient (Wildman–Crippen LogP) is 12.0. The molecule has 6 aliphatic carbocycles. The van der Waals surface area contributed by atoms with Crippen LogP contribution in [0.25, 0.3) is 33.9 Å². The van der Waals surface area contributed by atoms with Crippen molar-refractivity contribution in [1.82, 2.24) is 15.0 Å². The second-order valence-corrected chi connectivity index (χ2v) is 17.3. The van der Waals surface area contributed by atoms with E-state index in [-0.39, 0.29) is 16.7 Å². The number of fused-ring (bicyclic) bond motifs is 9. The summed E-state index contributed by atoms with van der Waals surface area (Å²) in [6.45, 7) is 0. The lowest BCUT2D eigenvalue weighted by atomic mass is 9.61. The summed E-state index contributed by atoms with van der Waals surface area (Å²) in [5.74, 6) is 7.31. The highest BCUT2D eigenvalue weighted by molar-refractivity contribution is 5.74. The minimum absolute atomic E-state index is 0.00130. The summed E-state index contributed by atoms with van der Waals surface area (Å²) in [4.78, 5) is 16.3. The predicted molar refractivity (Wildman–Crippen MR) is 218 cm³/mol. The van der Waals surface area contributed by atoms with Gasteiger partial charge in [0.1, 0.15) is 17.3 Å². The Morgan fingerprint density at radius 3 is 2.11 bits per heavy atom. The fourth-order valence-electron chi connectivity index (χ4n) is 12.0. The Hall–Kier alpha value is -5.61. The summed E-state index contributed by atoms with van der Waals surface area (Å²) < 4.78 is 6.93. The van der Waals surface area contributed by atoms with E-state index >= 15 is 0 Å². The van der Waals surface area contributed by atoms with E-state index in [1.807, 2.05) is 0 Å². The summed E-state index contributed by atoms with van der Waals surface area (Å²) in [6.07, 6.45) is 18.2. The Labute approximate surface area is 323 Å². The normalized spacial score (nSPS) is 28.9. The van der Waals surface area contributed by atoms with Gasteiger partial charge in [-0.05, 0) is 103 Å². The first-order valence-corrected chi connectivity index (χ1v) is 20.4. The van der Waals surface area contributed by atoms with E-state index in [1.165, 1.54) is 78.3 Å². The molecular weight excluding hydrogens is 671 g/mol. The van der Waals surface area contributed by atoms with E-state index in [0.717, 1.165) is 57.9 Å². The van der Waals surface area contributed by atoms with Crippen LogP contribution in [-0.2, 0) is 10.8 Å². The quantitative estimate of drug-likeness (QED) is 0.182. The fourth-order valence-corrected chi connectivity index (χ4v) is 12.0. The van der Waals surface area contributed by atoms with Crippen molar-refractivity contribution < 1.29 is 4.74 Å². The van der Waals surface area contributed by atoms with Crippen LogP contribution in [0.5, 0.6) is 11.5 Å². The summed E-state index contributed by atoms with van der Waals surface area (Å²) >= 11 is 0. The first-order valence-electron chi connectivity index (χ1n) is 20.4. The Morgan fingerprint density at radius 1 is 0.527 bits per heavy atom. The average Bonchev–Trinajstić information content (AvgIpc) is 3.80. The van der Waals surface area contributed by atoms with Crippen molar-refractivity contribution in [3.05, 3.63) is 174 Å². The Balaban J connectivity index is 1.04. The SMILES string of the molecule is C1=CC2c3ccccc3C3(c4ccccc4Oc4cc(-c5nc(-c6cccc(-c7ccccc7)c6)nc(C67CC[C@@H](CC8CC(C8)C6)C7)n5)ccc43)C2C=C1. The summed E-state index contributed by atoms with van der Waals surface area (Å²) in [5, 5.41) is 0. The molecule has 0 N–H and O–H groups in total. The van der Waals surface area contributed by atoms with Crippen molar-refractivity contribution in [2.45, 2.75) is 61.7 Å². The highest BCUT2D eigenvalue weighted by Crippen LogP contribution is 2.65. The van der Waals surface area contributed by atoms with Crippen LogP contribution in [0.2, 0.25) is 0 Å². The molecule has 5 atom stereocenters. The zero-order valence-electron chi connectivity index (χ0n) is 30.9. The fraction of sp³-hybridized carbons (Fsp3) is 0.275. The minimum Gasteiger partial charge on any atom is -0.457 e. The molecule has 0 amide bonds. The topological polar surface area (TPSA) is 47.9 Å². The van der Waals surface area contributed by atoms with Gasteiger partial charge in [-0.2, -0.15) is 0 Å². The van der Waals surface area contributed by atoms with Gasteiger partial charge in [0, 0.05) is 39.5 Å². The van der Waals surface area contributed by atoms with Gasteiger partial charge in [0.25, 0.3) is 0 Å². The van der Waals surface area contributed by atoms with Crippen LogP contribution in [0.4, 0.5) is 0 Å². The molecule has 1 aromatic heterocycles. The number of aromatic nitrogens is 3. The third kappa shape index (κ3) is 4.73. The second-order valence-electron chi connectivity index (χ2n) is 17.3. The Kier molecular flexibility index (Phi) is 6.89. The highest BCUT2D eigenvalue weighted by Gasteiger charge is 2.56. The first kappa shape index (κ1) is 31.7. The monoisotopic (exact) mass is 713 g/mol. The van der Waals surface area contributed by atoms with Crippen LogP contribution in [0.15, 0.2) is 146 Å². The van der Waals surface area contributed by atoms with Crippen molar-refractivity contribution in [1.29, 1.82) is 0 Å². The molecule has 4 heteroatoms. The summed E-state index contributed by atoms with van der Waals surface area (Å²) in [5.41, 5.74) is 9.18.